The van der Waals surface area contributed by atoms with Gasteiger partial charge in [-0.05, 0) is 22.7 Å². The van der Waals surface area contributed by atoms with Crippen molar-refractivity contribution < 1.29 is 65.7 Å². The lowest BCUT2D eigenvalue weighted by Gasteiger charge is -2.50. The minimum Gasteiger partial charge on any atom is -0.346 e. The monoisotopic (exact) mass is 600 g/mol. The van der Waals surface area contributed by atoms with Crippen molar-refractivity contribution in [2.24, 2.45) is 34.5 Å². The summed E-state index contributed by atoms with van der Waals surface area (Å²) in [5, 5.41) is 0. The van der Waals surface area contributed by atoms with E-state index in [1.807, 2.05) is 41.5 Å². The molecule has 0 amide bonds. The lowest BCUT2D eigenvalue weighted by atomic mass is 9.66. The van der Waals surface area contributed by atoms with Crippen molar-refractivity contribution in [3.8, 4) is 0 Å². The average molecular weight is 600 g/mol. The Hall–Kier alpha value is 0.250. The first kappa shape index (κ1) is 31.8. The van der Waals surface area contributed by atoms with Crippen LogP contribution in [-0.4, -0.2) is 63.9 Å². The van der Waals surface area contributed by atoms with Crippen LogP contribution in [0.5, 0.6) is 0 Å². The maximum Gasteiger partial charge on any atom is 0.474 e. The molecule has 0 saturated carbocycles. The fourth-order valence-electron chi connectivity index (χ4n) is 4.54. The summed E-state index contributed by atoms with van der Waals surface area (Å²) in [6, 6.07) is 0. The predicted octanol–water partition coefficient (Wildman–Crippen LogP) is 3.39. The van der Waals surface area contributed by atoms with Crippen LogP contribution in [-0.2, 0) is 41.3 Å². The zero-order chi connectivity index (χ0) is 29.5. The summed E-state index contributed by atoms with van der Waals surface area (Å²) in [6.45, 7) is 13.7. The molecular formula is C20H41O14P3. The molecule has 0 aliphatic carbocycles. The highest BCUT2D eigenvalue weighted by atomic mass is 31.2. The van der Waals surface area contributed by atoms with Gasteiger partial charge in [-0.15, -0.1) is 0 Å². The van der Waals surface area contributed by atoms with Crippen molar-refractivity contribution in [2.75, 3.05) is 13.2 Å². The van der Waals surface area contributed by atoms with E-state index in [1.165, 1.54) is 0 Å². The molecule has 10 atom stereocenters. The van der Waals surface area contributed by atoms with Gasteiger partial charge in [0.15, 0.2) is 12.6 Å². The van der Waals surface area contributed by atoms with Crippen LogP contribution in [0.25, 0.3) is 0 Å². The van der Waals surface area contributed by atoms with Crippen LogP contribution in [0.3, 0.4) is 0 Å². The van der Waals surface area contributed by atoms with Gasteiger partial charge >= 0.3 is 23.5 Å². The molecule has 0 aromatic rings. The SMILES string of the molecule is [3H]OP(=O)(O)O[C@H]1OC(COP(=O)(O)O[C@H]2OC(COP(=O)(O)O)[C@@H](C)C(C)(C)C2C)[C@@H](C)C(C)(C)C1C. The van der Waals surface area contributed by atoms with Gasteiger partial charge in [-0.1, -0.05) is 55.4 Å². The molecule has 0 spiro atoms. The summed E-state index contributed by atoms with van der Waals surface area (Å²) < 4.78 is 74.4. The first-order valence-corrected chi connectivity index (χ1v) is 16.4. The van der Waals surface area contributed by atoms with Crippen LogP contribution in [0.4, 0.5) is 0 Å². The smallest absolute Gasteiger partial charge is 0.346 e. The molecule has 0 aromatic carbocycles. The van der Waals surface area contributed by atoms with Gasteiger partial charge in [0.2, 0.25) is 1.43 Å². The largest absolute Gasteiger partial charge is 0.474 e. The van der Waals surface area contributed by atoms with Gasteiger partial charge in [0.25, 0.3) is 0 Å². The summed E-state index contributed by atoms with van der Waals surface area (Å²) in [7, 11) is -14.2. The highest BCUT2D eigenvalue weighted by Gasteiger charge is 2.51. The van der Waals surface area contributed by atoms with Crippen molar-refractivity contribution in [1.29, 1.82) is 1.43 Å². The minimum atomic E-state index is -4.77. The molecule has 2 saturated heterocycles. The van der Waals surface area contributed by atoms with E-state index in [4.69, 9.17) is 34.3 Å². The van der Waals surface area contributed by atoms with Crippen LogP contribution in [0.15, 0.2) is 0 Å². The molecule has 220 valence electrons. The molecule has 6 unspecified atom stereocenters. The van der Waals surface area contributed by atoms with Crippen LogP contribution >= 0.6 is 23.5 Å². The number of ether oxygens (including phenoxy) is 2. The molecule has 2 fully saturated rings. The highest BCUT2D eigenvalue weighted by molar-refractivity contribution is 7.47. The Labute approximate surface area is 218 Å². The molecule has 0 radical (unpaired) electrons. The van der Waals surface area contributed by atoms with Crippen molar-refractivity contribution in [3.63, 3.8) is 0 Å². The first-order valence-electron chi connectivity index (χ1n) is 12.3. The van der Waals surface area contributed by atoms with E-state index in [9.17, 15) is 23.5 Å². The van der Waals surface area contributed by atoms with Gasteiger partial charge in [0.1, 0.15) is 0 Å². The predicted molar refractivity (Wildman–Crippen MR) is 130 cm³/mol. The van der Waals surface area contributed by atoms with E-state index in [1.54, 1.807) is 13.8 Å². The van der Waals surface area contributed by atoms with Gasteiger partial charge < -0.3 is 33.9 Å². The second kappa shape index (κ2) is 11.6. The maximum absolute atomic E-state index is 12.9. The number of rotatable bonds is 11. The van der Waals surface area contributed by atoms with E-state index >= 15 is 0 Å². The molecule has 17 heteroatoms. The fourth-order valence-corrected chi connectivity index (χ4v) is 6.26. The lowest BCUT2D eigenvalue weighted by Crippen LogP contribution is -2.53. The Morgan fingerprint density at radius 3 is 1.51 bits per heavy atom. The van der Waals surface area contributed by atoms with Crippen molar-refractivity contribution >= 4 is 23.5 Å². The second-order valence-corrected chi connectivity index (χ2v) is 14.9. The number of hydrogen-bond donors (Lipinski definition) is 5. The standard InChI is InChI=1S/C20H41O14P3/c1-11-15(9-29-35(21,22)23)32-18(14(4)20(11,7)8)34-37(27,28)30-10-16-12(2)19(5,6)13(3)17(31-16)33-36(24,25)26/h11-18H,9-10H2,1-8H3,(H,27,28)(H2,21,22,23)(H2,24,25,26)/t11-,12-,13?,14?,15?,16?,17-,18-/m1/s1/i/hT. The Morgan fingerprint density at radius 2 is 1.11 bits per heavy atom. The molecular weight excluding hydrogens is 557 g/mol. The molecule has 2 heterocycles. The molecule has 37 heavy (non-hydrogen) atoms. The topological polar surface area (TPSA) is 208 Å². The van der Waals surface area contributed by atoms with E-state index in [0.717, 1.165) is 0 Å². The van der Waals surface area contributed by atoms with Gasteiger partial charge in [-0.25, -0.2) is 13.7 Å². The lowest BCUT2D eigenvalue weighted by molar-refractivity contribution is -0.255. The Morgan fingerprint density at radius 1 is 0.703 bits per heavy atom. The summed E-state index contributed by atoms with van der Waals surface area (Å²) in [5.41, 5.74) is -1.10. The normalized spacial score (nSPS) is 39.8. The fraction of sp³-hybridized carbons (Fsp3) is 1.00. The number of phosphoric ester groups is 3. The quantitative estimate of drug-likeness (QED) is 0.216. The third-order valence-corrected chi connectivity index (χ3v) is 10.4. The van der Waals surface area contributed by atoms with Crippen molar-refractivity contribution in [1.82, 2.24) is 0 Å². The van der Waals surface area contributed by atoms with Gasteiger partial charge in [0.05, 0.1) is 25.4 Å². The van der Waals surface area contributed by atoms with Crippen LogP contribution < -0.4 is 0 Å². The molecule has 14 nitrogen and oxygen atoms in total. The zero-order valence-electron chi connectivity index (χ0n) is 23.2. The summed E-state index contributed by atoms with van der Waals surface area (Å²) in [4.78, 5) is 42.0. The summed E-state index contributed by atoms with van der Waals surface area (Å²) in [6.07, 6.45) is -4.26. The average Bonchev–Trinajstić information content (AvgIpc) is 2.78. The Balaban J connectivity index is 2.13. The first-order chi connectivity index (χ1) is 17.0. The maximum atomic E-state index is 12.9. The number of phosphoric acid groups is 3. The third-order valence-electron chi connectivity index (χ3n) is 8.53. The zero-order valence-corrected chi connectivity index (χ0v) is 24.9. The summed E-state index contributed by atoms with van der Waals surface area (Å²) in [5.74, 6) is -1.38. The number of hydrogen-bond acceptors (Lipinski definition) is 10. The Kier molecular flexibility index (Phi) is 9.98. The molecule has 2 aliphatic rings. The van der Waals surface area contributed by atoms with E-state index in [0.29, 0.717) is 0 Å². The molecule has 5 N–H and O–H groups in total. The van der Waals surface area contributed by atoms with Crippen LogP contribution in [0.1, 0.15) is 55.4 Å². The van der Waals surface area contributed by atoms with E-state index in [2.05, 4.69) is 9.42 Å². The molecule has 2 aliphatic heterocycles. The van der Waals surface area contributed by atoms with Crippen molar-refractivity contribution in [3.05, 3.63) is 0 Å². The van der Waals surface area contributed by atoms with Gasteiger partial charge in [-0.2, -0.15) is 0 Å². The second-order valence-electron chi connectivity index (χ2n) is 11.1. The molecule has 0 bridgehead atoms. The minimum absolute atomic E-state index is 0.254. The highest BCUT2D eigenvalue weighted by Crippen LogP contribution is 2.54. The van der Waals surface area contributed by atoms with E-state index in [-0.39, 0.29) is 11.8 Å². The van der Waals surface area contributed by atoms with Crippen LogP contribution in [0.2, 0.25) is 0 Å². The molecule has 0 aromatic heterocycles. The summed E-state index contributed by atoms with van der Waals surface area (Å²) >= 11 is 0. The van der Waals surface area contributed by atoms with Gasteiger partial charge in [-0.3, -0.25) is 18.1 Å². The van der Waals surface area contributed by atoms with Crippen LogP contribution in [0, 0.1) is 34.5 Å². The third kappa shape index (κ3) is 8.62. The van der Waals surface area contributed by atoms with Gasteiger partial charge in [0, 0.05) is 11.8 Å². The molecule has 2 rings (SSSR count). The van der Waals surface area contributed by atoms with E-state index < -0.39 is 84.1 Å². The van der Waals surface area contributed by atoms with Crippen molar-refractivity contribution in [2.45, 2.75) is 80.2 Å². The Bertz CT molecular complexity index is 957.